The molecule has 33 heavy (non-hydrogen) atoms. The number of carbonyl (C=O) groups is 2. The van der Waals surface area contributed by atoms with E-state index in [1.165, 1.54) is 10.7 Å². The van der Waals surface area contributed by atoms with Gasteiger partial charge >= 0.3 is 6.03 Å². The molecule has 2 heterocycles. The maximum absolute atomic E-state index is 12.6. The largest absolute Gasteiger partial charge is 0.339 e. The van der Waals surface area contributed by atoms with Crippen molar-refractivity contribution in [1.29, 1.82) is 0 Å². The van der Waals surface area contributed by atoms with Gasteiger partial charge in [0.2, 0.25) is 0 Å². The van der Waals surface area contributed by atoms with Crippen LogP contribution in [0.2, 0.25) is 0 Å². The van der Waals surface area contributed by atoms with E-state index in [2.05, 4.69) is 10.6 Å². The minimum atomic E-state index is -3.49. The molecule has 0 bridgehead atoms. The molecule has 180 valence electrons. The molecule has 10 heteroatoms. The number of hydrogen-bond acceptors (Lipinski definition) is 5. The number of sulfonamides is 1. The first-order chi connectivity index (χ1) is 15.8. The Morgan fingerprint density at radius 2 is 1.58 bits per heavy atom. The van der Waals surface area contributed by atoms with E-state index in [9.17, 15) is 18.0 Å². The molecule has 1 aliphatic heterocycles. The molecule has 1 aromatic heterocycles. The van der Waals surface area contributed by atoms with E-state index in [-0.39, 0.29) is 22.7 Å². The molecule has 0 spiro atoms. The highest BCUT2D eigenvalue weighted by Gasteiger charge is 2.23. The fourth-order valence-electron chi connectivity index (χ4n) is 3.74. The van der Waals surface area contributed by atoms with Crippen LogP contribution in [0.15, 0.2) is 40.6 Å². The number of amides is 3. The van der Waals surface area contributed by atoms with Gasteiger partial charge in [0.1, 0.15) is 4.21 Å². The lowest BCUT2D eigenvalue weighted by molar-refractivity contribution is 0.0724. The van der Waals surface area contributed by atoms with Crippen molar-refractivity contribution in [1.82, 2.24) is 19.8 Å². The van der Waals surface area contributed by atoms with Crippen molar-refractivity contribution < 1.29 is 18.0 Å². The van der Waals surface area contributed by atoms with Gasteiger partial charge in [-0.05, 0) is 49.1 Å². The second-order valence-electron chi connectivity index (χ2n) is 7.90. The van der Waals surface area contributed by atoms with Crippen molar-refractivity contribution in [3.63, 3.8) is 0 Å². The average molecular weight is 493 g/mol. The summed E-state index contributed by atoms with van der Waals surface area (Å²) in [6, 6.07) is 10.3. The predicted octanol–water partition coefficient (Wildman–Crippen LogP) is 3.40. The smallest absolute Gasteiger partial charge is 0.315 e. The van der Waals surface area contributed by atoms with E-state index in [0.29, 0.717) is 25.2 Å². The van der Waals surface area contributed by atoms with Crippen LogP contribution in [0.5, 0.6) is 0 Å². The van der Waals surface area contributed by atoms with Crippen molar-refractivity contribution in [2.75, 3.05) is 26.2 Å². The molecule has 1 fully saturated rings. The zero-order valence-corrected chi connectivity index (χ0v) is 20.8. The van der Waals surface area contributed by atoms with Gasteiger partial charge in [-0.1, -0.05) is 26.0 Å². The number of piperidine rings is 1. The molecule has 1 aromatic carbocycles. The van der Waals surface area contributed by atoms with Gasteiger partial charge in [0, 0.05) is 43.2 Å². The highest BCUT2D eigenvalue weighted by atomic mass is 32.2. The predicted molar refractivity (Wildman–Crippen MR) is 130 cm³/mol. The van der Waals surface area contributed by atoms with Gasteiger partial charge in [0.05, 0.1) is 6.54 Å². The summed E-state index contributed by atoms with van der Waals surface area (Å²) in [5.41, 5.74) is 1.56. The highest BCUT2D eigenvalue weighted by molar-refractivity contribution is 7.91. The summed E-state index contributed by atoms with van der Waals surface area (Å²) in [5.74, 6) is 0.0604. The van der Waals surface area contributed by atoms with Gasteiger partial charge in [0.25, 0.3) is 15.9 Å². The number of likely N-dealkylation sites (tertiary alicyclic amines) is 1. The van der Waals surface area contributed by atoms with E-state index < -0.39 is 10.0 Å². The Kier molecular flexibility index (Phi) is 8.87. The first-order valence-corrected chi connectivity index (χ1v) is 13.6. The van der Waals surface area contributed by atoms with E-state index in [1.54, 1.807) is 24.3 Å². The van der Waals surface area contributed by atoms with Crippen LogP contribution in [0.3, 0.4) is 0 Å². The SMILES string of the molecule is CCN(CC)S(=O)(=O)c1ccc(CNC(=O)NCc2ccc(C(=O)N3CCCCC3)cc2)s1. The number of hydrogen-bond donors (Lipinski definition) is 2. The number of urea groups is 1. The lowest BCUT2D eigenvalue weighted by atomic mass is 10.1. The van der Waals surface area contributed by atoms with Crippen molar-refractivity contribution >= 4 is 33.3 Å². The van der Waals surface area contributed by atoms with E-state index >= 15 is 0 Å². The molecule has 2 N–H and O–H groups in total. The molecule has 3 amide bonds. The maximum atomic E-state index is 12.6. The number of benzene rings is 1. The van der Waals surface area contributed by atoms with Crippen LogP contribution in [0.4, 0.5) is 4.79 Å². The van der Waals surface area contributed by atoms with Crippen LogP contribution < -0.4 is 10.6 Å². The van der Waals surface area contributed by atoms with Gasteiger partial charge in [-0.3, -0.25) is 4.79 Å². The molecule has 0 aliphatic carbocycles. The number of rotatable bonds is 9. The van der Waals surface area contributed by atoms with Crippen molar-refractivity contribution in [3.05, 3.63) is 52.4 Å². The summed E-state index contributed by atoms with van der Waals surface area (Å²) in [6.07, 6.45) is 3.29. The van der Waals surface area contributed by atoms with E-state index in [4.69, 9.17) is 0 Å². The van der Waals surface area contributed by atoms with E-state index in [1.807, 2.05) is 30.9 Å². The lowest BCUT2D eigenvalue weighted by Gasteiger charge is -2.26. The third-order valence-electron chi connectivity index (χ3n) is 5.66. The Hall–Kier alpha value is -2.43. The van der Waals surface area contributed by atoms with Gasteiger partial charge in [0.15, 0.2) is 0 Å². The molecule has 1 saturated heterocycles. The summed E-state index contributed by atoms with van der Waals surface area (Å²) in [4.78, 5) is 27.4. The quantitative estimate of drug-likeness (QED) is 0.560. The standard InChI is InChI=1S/C23H32N4O4S2/c1-3-27(4-2)33(30,31)21-13-12-20(32-21)17-25-23(29)24-16-18-8-10-19(11-9-18)22(28)26-14-6-5-7-15-26/h8-13H,3-7,14-17H2,1-2H3,(H2,24,25,29). The monoisotopic (exact) mass is 492 g/mol. The Morgan fingerprint density at radius 1 is 0.939 bits per heavy atom. The topological polar surface area (TPSA) is 98.8 Å². The van der Waals surface area contributed by atoms with Gasteiger partial charge in [-0.15, -0.1) is 11.3 Å². The fraction of sp³-hybridized carbons (Fsp3) is 0.478. The second kappa shape index (κ2) is 11.6. The number of thiophene rings is 1. The number of nitrogens with one attached hydrogen (secondary N) is 2. The molecule has 0 atom stereocenters. The summed E-state index contributed by atoms with van der Waals surface area (Å²) >= 11 is 1.16. The minimum Gasteiger partial charge on any atom is -0.339 e. The highest BCUT2D eigenvalue weighted by Crippen LogP contribution is 2.24. The van der Waals surface area contributed by atoms with Crippen molar-refractivity contribution in [2.24, 2.45) is 0 Å². The Labute approximate surface area is 200 Å². The summed E-state index contributed by atoms with van der Waals surface area (Å²) < 4.78 is 26.8. The molecule has 0 unspecified atom stereocenters. The molecule has 1 aliphatic rings. The second-order valence-corrected chi connectivity index (χ2v) is 11.2. The molecule has 8 nitrogen and oxygen atoms in total. The molecular weight excluding hydrogens is 460 g/mol. The van der Waals surface area contributed by atoms with Crippen LogP contribution in [0.1, 0.15) is 53.9 Å². The van der Waals surface area contributed by atoms with Gasteiger partial charge in [-0.2, -0.15) is 4.31 Å². The molecular formula is C23H32N4O4S2. The summed E-state index contributed by atoms with van der Waals surface area (Å²) in [7, 11) is -3.49. The van der Waals surface area contributed by atoms with Crippen LogP contribution in [-0.4, -0.2) is 55.7 Å². The number of carbonyl (C=O) groups excluding carboxylic acids is 2. The minimum absolute atomic E-state index is 0.0604. The molecule has 0 saturated carbocycles. The maximum Gasteiger partial charge on any atom is 0.315 e. The van der Waals surface area contributed by atoms with Gasteiger partial charge < -0.3 is 15.5 Å². The van der Waals surface area contributed by atoms with Crippen molar-refractivity contribution in [2.45, 2.75) is 50.4 Å². The third kappa shape index (κ3) is 6.55. The van der Waals surface area contributed by atoms with Crippen LogP contribution in [0, 0.1) is 0 Å². The Bertz CT molecular complexity index is 1040. The first kappa shape index (κ1) is 25.2. The summed E-state index contributed by atoms with van der Waals surface area (Å²) in [5, 5.41) is 5.54. The van der Waals surface area contributed by atoms with Crippen molar-refractivity contribution in [3.8, 4) is 0 Å². The lowest BCUT2D eigenvalue weighted by Crippen LogP contribution is -2.35. The molecule has 0 radical (unpaired) electrons. The van der Waals surface area contributed by atoms with Crippen LogP contribution in [0.25, 0.3) is 0 Å². The Morgan fingerprint density at radius 3 is 2.21 bits per heavy atom. The normalized spacial score (nSPS) is 14.3. The third-order valence-corrected chi connectivity index (χ3v) is 9.26. The average Bonchev–Trinajstić information content (AvgIpc) is 3.32. The van der Waals surface area contributed by atoms with Crippen LogP contribution >= 0.6 is 11.3 Å². The van der Waals surface area contributed by atoms with Crippen LogP contribution in [-0.2, 0) is 23.1 Å². The summed E-state index contributed by atoms with van der Waals surface area (Å²) in [6.45, 7) is 6.65. The Balaban J connectivity index is 1.46. The number of nitrogens with zero attached hydrogens (tertiary/aromatic N) is 2. The zero-order valence-electron chi connectivity index (χ0n) is 19.2. The molecule has 3 rings (SSSR count). The molecule has 2 aromatic rings. The first-order valence-electron chi connectivity index (χ1n) is 11.3. The fourth-order valence-corrected chi connectivity index (χ4v) is 6.65. The zero-order chi connectivity index (χ0) is 23.8. The van der Waals surface area contributed by atoms with E-state index in [0.717, 1.165) is 47.7 Å². The van der Waals surface area contributed by atoms with Gasteiger partial charge in [-0.25, -0.2) is 13.2 Å².